The Bertz CT molecular complexity index is 834. The van der Waals surface area contributed by atoms with Crippen LogP contribution >= 0.6 is 11.9 Å². The molecule has 0 spiro atoms. The Morgan fingerprint density at radius 1 is 1.07 bits per heavy atom. The lowest BCUT2D eigenvalue weighted by molar-refractivity contribution is -0.128. The van der Waals surface area contributed by atoms with Crippen LogP contribution in [0.15, 0.2) is 42.6 Å². The van der Waals surface area contributed by atoms with Gasteiger partial charge in [0.05, 0.1) is 0 Å². The van der Waals surface area contributed by atoms with Gasteiger partial charge in [-0.1, -0.05) is 122 Å². The minimum Gasteiger partial charge on any atom is -0.386 e. The third-order valence-corrected chi connectivity index (χ3v) is 8.34. The number of aryl methyl sites for hydroxylation is 1. The zero-order valence-corrected chi connectivity index (χ0v) is 29.8. The summed E-state index contributed by atoms with van der Waals surface area (Å²) in [6.07, 6.45) is 12.5. The molecule has 0 saturated heterocycles. The van der Waals surface area contributed by atoms with Crippen molar-refractivity contribution in [1.82, 2.24) is 15.4 Å². The highest BCUT2D eigenvalue weighted by Gasteiger charge is 2.47. The number of carbonyl (C=O) groups excluding carboxylic acids is 1. The Morgan fingerprint density at radius 3 is 2.02 bits per heavy atom. The highest BCUT2D eigenvalue weighted by atomic mass is 32.2. The quantitative estimate of drug-likeness (QED) is 0.277. The number of allylic oxidation sites excluding steroid dienone is 1. The molecule has 1 aromatic carbocycles. The van der Waals surface area contributed by atoms with Gasteiger partial charge < -0.3 is 10.6 Å². The van der Waals surface area contributed by atoms with E-state index in [-0.39, 0.29) is 17.4 Å². The predicted molar refractivity (Wildman–Crippen MR) is 185 cm³/mol. The van der Waals surface area contributed by atoms with Gasteiger partial charge in [-0.25, -0.2) is 4.72 Å². The normalized spacial score (nSPS) is 25.7. The van der Waals surface area contributed by atoms with Gasteiger partial charge in [0.25, 0.3) is 0 Å². The SMILES string of the molecule is C1CC1.C=C(NC(C)C)C1(C)CC2CC(C)C(NC(=O)C(C)(C)NSC)C(C2)C1.CC.CCC.Cc1ccccc1. The fourth-order valence-corrected chi connectivity index (χ4v) is 6.28. The largest absolute Gasteiger partial charge is 0.386 e. The van der Waals surface area contributed by atoms with Crippen LogP contribution in [0, 0.1) is 30.1 Å². The first-order valence-electron chi connectivity index (χ1n) is 16.4. The lowest BCUT2D eigenvalue weighted by Gasteiger charge is -2.52. The fraction of sp³-hybridized carbons (Fsp3) is 0.750. The Balaban J connectivity index is 0.000000865. The standard InChI is InChI=1S/C21H39N3OS.C7H8.C3H6.C3H8.C2H6/c1-13(2)22-15(4)21(7)11-16-9-14(3)18(17(10-16)12-21)23-19(25)20(5,6)24-26-8;1-7-5-3-2-4-6-7;1-2-3-1;1-3-2;1-2/h13-14,16-18,22,24H,4,9-12H2,1-3,5-8H3,(H,23,25);2-6H,1H3;1-3H2;3H2,1-2H3;1-2H3. The number of fused-ring (bicyclic) bond motifs is 2. The van der Waals surface area contributed by atoms with E-state index in [2.05, 4.69) is 82.5 Å². The molecule has 0 radical (unpaired) electrons. The van der Waals surface area contributed by atoms with E-state index in [0.29, 0.717) is 17.9 Å². The van der Waals surface area contributed by atoms with E-state index >= 15 is 0 Å². The number of hydrogen-bond donors (Lipinski definition) is 3. The Hall–Kier alpha value is -1.46. The molecule has 238 valence electrons. The first-order chi connectivity index (χ1) is 19.3. The van der Waals surface area contributed by atoms with Gasteiger partial charge in [-0.3, -0.25) is 4.79 Å². The third-order valence-electron chi connectivity index (χ3n) is 7.62. The smallest absolute Gasteiger partial charge is 0.240 e. The van der Waals surface area contributed by atoms with Crippen molar-refractivity contribution in [2.24, 2.45) is 23.2 Å². The molecular weight excluding hydrogens is 522 g/mol. The molecule has 4 nitrogen and oxygen atoms in total. The monoisotopic (exact) mass is 590 g/mol. The van der Waals surface area contributed by atoms with Crippen LogP contribution in [0.25, 0.3) is 0 Å². The molecule has 5 unspecified atom stereocenters. The maximum Gasteiger partial charge on any atom is 0.240 e. The molecular formula is C36H67N3OS. The first kappa shape index (κ1) is 39.5. The minimum absolute atomic E-state index is 0.105. The van der Waals surface area contributed by atoms with Crippen LogP contribution in [0.2, 0.25) is 0 Å². The average molecular weight is 590 g/mol. The van der Waals surface area contributed by atoms with E-state index in [1.165, 1.54) is 68.2 Å². The van der Waals surface area contributed by atoms with Gasteiger partial charge in [0, 0.05) is 23.2 Å². The number of nitrogens with one attached hydrogen (secondary N) is 3. The zero-order chi connectivity index (χ0) is 31.6. The van der Waals surface area contributed by atoms with Crippen LogP contribution in [0.4, 0.5) is 0 Å². The van der Waals surface area contributed by atoms with Crippen molar-refractivity contribution in [3.05, 3.63) is 48.2 Å². The van der Waals surface area contributed by atoms with Crippen molar-refractivity contribution in [2.45, 2.75) is 145 Å². The molecule has 3 saturated carbocycles. The molecule has 41 heavy (non-hydrogen) atoms. The lowest BCUT2D eigenvalue weighted by Crippen LogP contribution is -2.59. The van der Waals surface area contributed by atoms with Gasteiger partial charge in [0.2, 0.25) is 5.91 Å². The van der Waals surface area contributed by atoms with Gasteiger partial charge in [-0.15, -0.1) is 0 Å². The van der Waals surface area contributed by atoms with Crippen molar-refractivity contribution in [3.63, 3.8) is 0 Å². The van der Waals surface area contributed by atoms with E-state index in [0.717, 1.165) is 12.3 Å². The van der Waals surface area contributed by atoms with Crippen LogP contribution in [0.1, 0.15) is 126 Å². The second-order valence-corrected chi connectivity index (χ2v) is 13.8. The summed E-state index contributed by atoms with van der Waals surface area (Å²) in [5.41, 5.74) is 2.05. The Kier molecular flexibility index (Phi) is 19.7. The molecule has 3 N–H and O–H groups in total. The molecule has 0 heterocycles. The summed E-state index contributed by atoms with van der Waals surface area (Å²) in [4.78, 5) is 12.9. The minimum atomic E-state index is -0.559. The van der Waals surface area contributed by atoms with E-state index in [4.69, 9.17) is 0 Å². The second-order valence-electron chi connectivity index (χ2n) is 13.2. The molecule has 3 aliphatic carbocycles. The van der Waals surface area contributed by atoms with Crippen molar-refractivity contribution < 1.29 is 4.79 Å². The Labute approximate surface area is 260 Å². The van der Waals surface area contributed by atoms with Crippen molar-refractivity contribution >= 4 is 17.9 Å². The number of amides is 1. The summed E-state index contributed by atoms with van der Waals surface area (Å²) < 4.78 is 3.22. The maximum absolute atomic E-state index is 12.9. The molecule has 1 amide bonds. The number of hydrogen-bond acceptors (Lipinski definition) is 4. The van der Waals surface area contributed by atoms with E-state index < -0.39 is 5.54 Å². The highest BCUT2D eigenvalue weighted by molar-refractivity contribution is 7.96. The van der Waals surface area contributed by atoms with Crippen molar-refractivity contribution in [3.8, 4) is 0 Å². The van der Waals surface area contributed by atoms with Gasteiger partial charge in [0.15, 0.2) is 0 Å². The number of carbonyl (C=O) groups is 1. The fourth-order valence-electron chi connectivity index (χ4n) is 5.68. The molecule has 2 bridgehead atoms. The van der Waals surface area contributed by atoms with E-state index in [9.17, 15) is 4.79 Å². The summed E-state index contributed by atoms with van der Waals surface area (Å²) >= 11 is 1.50. The maximum atomic E-state index is 12.9. The lowest BCUT2D eigenvalue weighted by atomic mass is 9.57. The van der Waals surface area contributed by atoms with Crippen LogP contribution < -0.4 is 15.4 Å². The number of rotatable bonds is 7. The molecule has 4 rings (SSSR count). The van der Waals surface area contributed by atoms with Crippen molar-refractivity contribution in [1.29, 1.82) is 0 Å². The van der Waals surface area contributed by atoms with Gasteiger partial charge >= 0.3 is 0 Å². The van der Waals surface area contributed by atoms with Crippen LogP contribution in [0.5, 0.6) is 0 Å². The summed E-state index contributed by atoms with van der Waals surface area (Å²) in [6.45, 7) is 27.6. The van der Waals surface area contributed by atoms with Gasteiger partial charge in [-0.05, 0) is 84.3 Å². The number of benzene rings is 1. The third kappa shape index (κ3) is 15.5. The van der Waals surface area contributed by atoms with Gasteiger partial charge in [0.1, 0.15) is 5.54 Å². The molecule has 3 aliphatic rings. The molecule has 5 atom stereocenters. The molecule has 0 aromatic heterocycles. The first-order valence-corrected chi connectivity index (χ1v) is 17.6. The van der Waals surface area contributed by atoms with Crippen LogP contribution in [0.3, 0.4) is 0 Å². The van der Waals surface area contributed by atoms with Crippen molar-refractivity contribution in [2.75, 3.05) is 6.26 Å². The summed E-state index contributed by atoms with van der Waals surface area (Å²) in [5.74, 6) is 1.91. The molecule has 3 fully saturated rings. The highest BCUT2D eigenvalue weighted by Crippen LogP contribution is 2.52. The van der Waals surface area contributed by atoms with Crippen LogP contribution in [-0.4, -0.2) is 29.8 Å². The molecule has 1 aromatic rings. The molecule has 5 heteroatoms. The average Bonchev–Trinajstić information content (AvgIpc) is 3.78. The van der Waals surface area contributed by atoms with E-state index in [1.807, 2.05) is 52.1 Å². The molecule has 0 aliphatic heterocycles. The second kappa shape index (κ2) is 20.4. The summed E-state index contributed by atoms with van der Waals surface area (Å²) in [6, 6.07) is 10.9. The summed E-state index contributed by atoms with van der Waals surface area (Å²) in [5, 5.41) is 6.96. The summed E-state index contributed by atoms with van der Waals surface area (Å²) in [7, 11) is 0. The van der Waals surface area contributed by atoms with E-state index in [1.54, 1.807) is 0 Å². The predicted octanol–water partition coefficient (Wildman–Crippen LogP) is 9.70. The zero-order valence-electron chi connectivity index (χ0n) is 29.0. The van der Waals surface area contributed by atoms with Gasteiger partial charge in [-0.2, -0.15) is 0 Å². The van der Waals surface area contributed by atoms with Crippen LogP contribution in [-0.2, 0) is 4.79 Å². The Morgan fingerprint density at radius 2 is 1.61 bits per heavy atom. The topological polar surface area (TPSA) is 53.2 Å².